The first-order chi connectivity index (χ1) is 20.1. The SMILES string of the molecule is CN(CC=CC(=O)N1CC[C@@H](n2nc(-c3ccc(Oc4ccccc4)cc3)c3c(N)ncnc32)C1)C1CCOCC1. The molecule has 2 aliphatic rings. The zero-order chi connectivity index (χ0) is 28.2. The second-order valence-electron chi connectivity index (χ2n) is 10.6. The second kappa shape index (κ2) is 12.1. The van der Waals surface area contributed by atoms with Crippen molar-refractivity contribution in [2.24, 2.45) is 0 Å². The van der Waals surface area contributed by atoms with Crippen LogP contribution in [0.5, 0.6) is 11.5 Å². The van der Waals surface area contributed by atoms with Gasteiger partial charge in [-0.3, -0.25) is 9.69 Å². The van der Waals surface area contributed by atoms with Gasteiger partial charge in [-0.15, -0.1) is 0 Å². The van der Waals surface area contributed by atoms with Crippen molar-refractivity contribution in [2.75, 3.05) is 45.6 Å². The molecule has 2 aliphatic heterocycles. The van der Waals surface area contributed by atoms with Gasteiger partial charge in [-0.25, -0.2) is 14.6 Å². The Kier molecular flexibility index (Phi) is 7.93. The van der Waals surface area contributed by atoms with Gasteiger partial charge in [0.1, 0.15) is 29.3 Å². The lowest BCUT2D eigenvalue weighted by Gasteiger charge is -2.30. The number of fused-ring (bicyclic) bond motifs is 1. The minimum Gasteiger partial charge on any atom is -0.457 e. The van der Waals surface area contributed by atoms with Crippen LogP contribution in [0.15, 0.2) is 73.1 Å². The first-order valence-electron chi connectivity index (χ1n) is 14.1. The van der Waals surface area contributed by atoms with Gasteiger partial charge in [-0.1, -0.05) is 24.3 Å². The zero-order valence-corrected chi connectivity index (χ0v) is 23.2. The van der Waals surface area contributed by atoms with Crippen molar-refractivity contribution in [3.63, 3.8) is 0 Å². The fraction of sp³-hybridized carbons (Fsp3) is 0.355. The third-order valence-corrected chi connectivity index (χ3v) is 7.91. The number of hydrogen-bond donors (Lipinski definition) is 1. The number of nitrogens with zero attached hydrogens (tertiary/aromatic N) is 6. The Hall–Kier alpha value is -4.28. The number of likely N-dealkylation sites (N-methyl/N-ethyl adjacent to an activating group) is 1. The Morgan fingerprint density at radius 3 is 2.61 bits per heavy atom. The molecule has 0 radical (unpaired) electrons. The smallest absolute Gasteiger partial charge is 0.246 e. The number of anilines is 1. The molecule has 4 aromatic rings. The van der Waals surface area contributed by atoms with Gasteiger partial charge < -0.3 is 20.1 Å². The van der Waals surface area contributed by atoms with Gasteiger partial charge in [-0.05, 0) is 62.7 Å². The van der Waals surface area contributed by atoms with E-state index in [-0.39, 0.29) is 11.9 Å². The van der Waals surface area contributed by atoms with Crippen molar-refractivity contribution in [3.8, 4) is 22.8 Å². The molecule has 2 N–H and O–H groups in total. The maximum absolute atomic E-state index is 13.0. The molecule has 2 saturated heterocycles. The van der Waals surface area contributed by atoms with E-state index >= 15 is 0 Å². The number of nitrogens with two attached hydrogens (primary N) is 1. The van der Waals surface area contributed by atoms with Crippen LogP contribution in [0.4, 0.5) is 5.82 Å². The van der Waals surface area contributed by atoms with Crippen LogP contribution >= 0.6 is 0 Å². The topological polar surface area (TPSA) is 112 Å². The molecule has 2 aromatic heterocycles. The van der Waals surface area contributed by atoms with Crippen LogP contribution in [-0.2, 0) is 9.53 Å². The molecule has 0 saturated carbocycles. The Bertz CT molecular complexity index is 1510. The van der Waals surface area contributed by atoms with Crippen molar-refractivity contribution in [3.05, 3.63) is 73.1 Å². The molecular formula is C31H35N7O3. The number of hydrogen-bond acceptors (Lipinski definition) is 8. The quantitative estimate of drug-likeness (QED) is 0.322. The normalized spacial score (nSPS) is 18.1. The number of rotatable bonds is 8. The molecule has 0 bridgehead atoms. The average Bonchev–Trinajstić information content (AvgIpc) is 3.65. The molecule has 6 rings (SSSR count). The number of likely N-dealkylation sites (tertiary alicyclic amines) is 1. The summed E-state index contributed by atoms with van der Waals surface area (Å²) in [6.45, 7) is 3.57. The van der Waals surface area contributed by atoms with Crippen LogP contribution in [0.3, 0.4) is 0 Å². The van der Waals surface area contributed by atoms with Crippen molar-refractivity contribution in [1.82, 2.24) is 29.5 Å². The highest BCUT2D eigenvalue weighted by molar-refractivity contribution is 5.98. The minimum atomic E-state index is -0.0106. The van der Waals surface area contributed by atoms with Gasteiger partial charge in [0.15, 0.2) is 5.65 Å². The van der Waals surface area contributed by atoms with Crippen LogP contribution in [0.25, 0.3) is 22.3 Å². The van der Waals surface area contributed by atoms with Crippen molar-refractivity contribution < 1.29 is 14.3 Å². The van der Waals surface area contributed by atoms with E-state index in [1.165, 1.54) is 6.33 Å². The number of amides is 1. The minimum absolute atomic E-state index is 0.0106. The van der Waals surface area contributed by atoms with Crippen LogP contribution in [-0.4, -0.2) is 81.4 Å². The Morgan fingerprint density at radius 1 is 1.07 bits per heavy atom. The highest BCUT2D eigenvalue weighted by atomic mass is 16.5. The summed E-state index contributed by atoms with van der Waals surface area (Å²) in [5.74, 6) is 1.90. The van der Waals surface area contributed by atoms with E-state index in [1.807, 2.05) is 70.3 Å². The summed E-state index contributed by atoms with van der Waals surface area (Å²) in [5.41, 5.74) is 8.60. The number of carbonyl (C=O) groups excluding carboxylic acids is 1. The van der Waals surface area contributed by atoms with Gasteiger partial charge >= 0.3 is 0 Å². The molecular weight excluding hydrogens is 518 g/mol. The third-order valence-electron chi connectivity index (χ3n) is 7.91. The molecule has 1 atom stereocenters. The van der Waals surface area contributed by atoms with Crippen LogP contribution in [0.1, 0.15) is 25.3 Å². The monoisotopic (exact) mass is 553 g/mol. The second-order valence-corrected chi connectivity index (χ2v) is 10.6. The van der Waals surface area contributed by atoms with Crippen molar-refractivity contribution >= 4 is 22.8 Å². The lowest BCUT2D eigenvalue weighted by Crippen LogP contribution is -2.36. The summed E-state index contributed by atoms with van der Waals surface area (Å²) < 4.78 is 13.3. The summed E-state index contributed by atoms with van der Waals surface area (Å²) in [7, 11) is 2.11. The van der Waals surface area contributed by atoms with E-state index in [1.54, 1.807) is 6.08 Å². The first-order valence-corrected chi connectivity index (χ1v) is 14.1. The largest absolute Gasteiger partial charge is 0.457 e. The van der Waals surface area contributed by atoms with Crippen molar-refractivity contribution in [2.45, 2.75) is 31.3 Å². The highest BCUT2D eigenvalue weighted by Gasteiger charge is 2.30. The van der Waals surface area contributed by atoms with E-state index < -0.39 is 0 Å². The number of carbonyl (C=O) groups is 1. The van der Waals surface area contributed by atoms with E-state index in [0.29, 0.717) is 41.7 Å². The standard InChI is InChI=1S/C31H35N7O3/c1-36(23-14-18-40-19-15-23)16-5-8-27(39)37-17-13-24(20-37)38-31-28(30(32)33-21-34-31)29(35-38)22-9-11-26(12-10-22)41-25-6-3-2-4-7-25/h2-12,21,23-24H,13-20H2,1H3,(H2,32,33,34)/t24-/m1/s1. The van der Waals surface area contributed by atoms with Gasteiger partial charge in [0.05, 0.1) is 11.4 Å². The van der Waals surface area contributed by atoms with Crippen LogP contribution in [0, 0.1) is 0 Å². The van der Waals surface area contributed by atoms with Gasteiger partial charge in [0, 0.05) is 50.5 Å². The molecule has 0 aliphatic carbocycles. The fourth-order valence-corrected chi connectivity index (χ4v) is 5.60. The zero-order valence-electron chi connectivity index (χ0n) is 23.2. The molecule has 4 heterocycles. The predicted molar refractivity (Wildman–Crippen MR) is 158 cm³/mol. The van der Waals surface area contributed by atoms with E-state index in [9.17, 15) is 4.79 Å². The number of para-hydroxylation sites is 1. The Labute approximate surface area is 239 Å². The molecule has 10 nitrogen and oxygen atoms in total. The molecule has 10 heteroatoms. The van der Waals surface area contributed by atoms with Gasteiger partial charge in [0.2, 0.25) is 5.91 Å². The Morgan fingerprint density at radius 2 is 1.83 bits per heavy atom. The molecule has 0 spiro atoms. The highest BCUT2D eigenvalue weighted by Crippen LogP contribution is 2.35. The summed E-state index contributed by atoms with van der Waals surface area (Å²) >= 11 is 0. The maximum Gasteiger partial charge on any atom is 0.246 e. The number of aromatic nitrogens is 4. The number of benzene rings is 2. The molecule has 2 fully saturated rings. The van der Waals surface area contributed by atoms with Gasteiger partial charge in [0.25, 0.3) is 0 Å². The number of nitrogen functional groups attached to an aromatic ring is 1. The van der Waals surface area contributed by atoms with Gasteiger partial charge in [-0.2, -0.15) is 5.10 Å². The number of ether oxygens (including phenoxy) is 2. The maximum atomic E-state index is 13.0. The molecule has 0 unspecified atom stereocenters. The molecule has 1 amide bonds. The lowest BCUT2D eigenvalue weighted by molar-refractivity contribution is -0.125. The summed E-state index contributed by atoms with van der Waals surface area (Å²) in [5, 5.41) is 5.68. The average molecular weight is 554 g/mol. The van der Waals surface area contributed by atoms with Crippen LogP contribution in [0.2, 0.25) is 0 Å². The van der Waals surface area contributed by atoms with E-state index in [2.05, 4.69) is 21.9 Å². The fourth-order valence-electron chi connectivity index (χ4n) is 5.60. The van der Waals surface area contributed by atoms with Crippen molar-refractivity contribution in [1.29, 1.82) is 0 Å². The third kappa shape index (κ3) is 5.94. The Balaban J connectivity index is 1.16. The summed E-state index contributed by atoms with van der Waals surface area (Å²) in [6.07, 6.45) is 7.98. The molecule has 212 valence electrons. The summed E-state index contributed by atoms with van der Waals surface area (Å²) in [4.78, 5) is 25.9. The first kappa shape index (κ1) is 26.9. The van der Waals surface area contributed by atoms with Crippen LogP contribution < -0.4 is 10.5 Å². The summed E-state index contributed by atoms with van der Waals surface area (Å²) in [6, 6.07) is 17.9. The molecule has 2 aromatic carbocycles. The lowest BCUT2D eigenvalue weighted by atomic mass is 10.1. The molecule has 41 heavy (non-hydrogen) atoms. The van der Waals surface area contributed by atoms with E-state index in [0.717, 1.165) is 56.1 Å². The van der Waals surface area contributed by atoms with E-state index in [4.69, 9.17) is 20.3 Å². The predicted octanol–water partition coefficient (Wildman–Crippen LogP) is 4.31.